The average molecular weight is 369 g/mol. The standard InChI is InChI=1S/C17H18F3N3O3/c18-17(19,20)12-23(10-14-7-4-8-25-14)16(24)11-26-22-15(21)9-13-5-2-1-3-6-13/h1-8H,9-12H2,(H2,21,22). The lowest BCUT2D eigenvalue weighted by Gasteiger charge is -2.22. The SMILES string of the molecule is N/C(Cc1ccccc1)=N\OCC(=O)N(Cc1ccco1)CC(F)(F)F. The number of benzene rings is 1. The number of alkyl halides is 3. The first kappa shape index (κ1) is 19.4. The van der Waals surface area contributed by atoms with Gasteiger partial charge in [-0.1, -0.05) is 35.5 Å². The molecule has 0 bridgehead atoms. The average Bonchev–Trinajstić information content (AvgIpc) is 3.07. The minimum absolute atomic E-state index is 0.109. The number of furan rings is 1. The summed E-state index contributed by atoms with van der Waals surface area (Å²) >= 11 is 0. The molecule has 140 valence electrons. The van der Waals surface area contributed by atoms with Crippen LogP contribution in [0, 0.1) is 0 Å². The molecule has 0 saturated heterocycles. The molecule has 9 heteroatoms. The van der Waals surface area contributed by atoms with Crippen LogP contribution < -0.4 is 5.73 Å². The lowest BCUT2D eigenvalue weighted by atomic mass is 10.1. The van der Waals surface area contributed by atoms with Gasteiger partial charge in [-0.05, 0) is 17.7 Å². The number of amidine groups is 1. The molecule has 1 amide bonds. The normalized spacial score (nSPS) is 12.0. The van der Waals surface area contributed by atoms with Crippen LogP contribution in [-0.2, 0) is 22.6 Å². The van der Waals surface area contributed by atoms with Crippen LogP contribution in [0.3, 0.4) is 0 Å². The molecule has 0 atom stereocenters. The Balaban J connectivity index is 1.90. The van der Waals surface area contributed by atoms with Crippen molar-refractivity contribution in [2.45, 2.75) is 19.1 Å². The number of halogens is 3. The van der Waals surface area contributed by atoms with E-state index in [0.29, 0.717) is 11.3 Å². The zero-order valence-corrected chi connectivity index (χ0v) is 13.8. The molecule has 0 unspecified atom stereocenters. The van der Waals surface area contributed by atoms with E-state index in [1.807, 2.05) is 30.3 Å². The predicted molar refractivity (Wildman–Crippen MR) is 87.9 cm³/mol. The Morgan fingerprint density at radius 2 is 1.92 bits per heavy atom. The fraction of sp³-hybridized carbons (Fsp3) is 0.294. The number of rotatable bonds is 8. The van der Waals surface area contributed by atoms with E-state index in [4.69, 9.17) is 15.0 Å². The molecule has 2 aromatic rings. The number of carbonyl (C=O) groups excluding carboxylic acids is 1. The van der Waals surface area contributed by atoms with Crippen molar-refractivity contribution < 1.29 is 27.2 Å². The molecular formula is C17H18F3N3O3. The Morgan fingerprint density at radius 1 is 1.19 bits per heavy atom. The highest BCUT2D eigenvalue weighted by Gasteiger charge is 2.33. The molecule has 2 rings (SSSR count). The summed E-state index contributed by atoms with van der Waals surface area (Å²) in [4.78, 5) is 17.4. The summed E-state index contributed by atoms with van der Waals surface area (Å²) in [6.07, 6.45) is -2.93. The monoisotopic (exact) mass is 369 g/mol. The van der Waals surface area contributed by atoms with Crippen molar-refractivity contribution in [3.63, 3.8) is 0 Å². The first-order valence-corrected chi connectivity index (χ1v) is 7.68. The number of carbonyl (C=O) groups is 1. The van der Waals surface area contributed by atoms with Crippen molar-refractivity contribution in [1.82, 2.24) is 4.90 Å². The Labute approximate surface area is 148 Å². The highest BCUT2D eigenvalue weighted by Crippen LogP contribution is 2.18. The summed E-state index contributed by atoms with van der Waals surface area (Å²) in [7, 11) is 0. The van der Waals surface area contributed by atoms with Gasteiger partial charge in [-0.25, -0.2) is 0 Å². The molecule has 1 heterocycles. The molecular weight excluding hydrogens is 351 g/mol. The van der Waals surface area contributed by atoms with Crippen molar-refractivity contribution in [2.24, 2.45) is 10.9 Å². The van der Waals surface area contributed by atoms with E-state index >= 15 is 0 Å². The van der Waals surface area contributed by atoms with Crippen LogP contribution in [0.15, 0.2) is 58.3 Å². The molecule has 0 saturated carbocycles. The maximum atomic E-state index is 12.7. The summed E-state index contributed by atoms with van der Waals surface area (Å²) in [6.45, 7) is -2.40. The second kappa shape index (κ2) is 8.93. The summed E-state index contributed by atoms with van der Waals surface area (Å²) in [5.41, 5.74) is 6.57. The number of hydrogen-bond donors (Lipinski definition) is 1. The zero-order valence-electron chi connectivity index (χ0n) is 13.8. The van der Waals surface area contributed by atoms with Crippen LogP contribution in [0.2, 0.25) is 0 Å². The summed E-state index contributed by atoms with van der Waals surface area (Å²) in [5, 5.41) is 3.58. The minimum Gasteiger partial charge on any atom is -0.467 e. The van der Waals surface area contributed by atoms with Crippen LogP contribution in [0.1, 0.15) is 11.3 Å². The van der Waals surface area contributed by atoms with E-state index in [1.54, 1.807) is 0 Å². The van der Waals surface area contributed by atoms with Crippen LogP contribution in [0.25, 0.3) is 0 Å². The lowest BCUT2D eigenvalue weighted by Crippen LogP contribution is -2.40. The van der Waals surface area contributed by atoms with Crippen LogP contribution >= 0.6 is 0 Å². The van der Waals surface area contributed by atoms with Crippen molar-refractivity contribution in [2.75, 3.05) is 13.2 Å². The summed E-state index contributed by atoms with van der Waals surface area (Å²) in [6, 6.07) is 12.2. The van der Waals surface area contributed by atoms with E-state index in [-0.39, 0.29) is 18.1 Å². The van der Waals surface area contributed by atoms with Gasteiger partial charge >= 0.3 is 6.18 Å². The number of hydrogen-bond acceptors (Lipinski definition) is 4. The predicted octanol–water partition coefficient (Wildman–Crippen LogP) is 2.70. The fourth-order valence-corrected chi connectivity index (χ4v) is 2.14. The minimum atomic E-state index is -4.54. The zero-order chi connectivity index (χ0) is 19.0. The van der Waals surface area contributed by atoms with Gasteiger partial charge in [0.15, 0.2) is 6.61 Å². The first-order valence-electron chi connectivity index (χ1n) is 7.68. The maximum Gasteiger partial charge on any atom is 0.406 e. The summed E-state index contributed by atoms with van der Waals surface area (Å²) in [5.74, 6) is -0.540. The molecule has 1 aromatic heterocycles. The summed E-state index contributed by atoms with van der Waals surface area (Å²) < 4.78 is 43.0. The van der Waals surface area contributed by atoms with Crippen molar-refractivity contribution >= 4 is 11.7 Å². The Morgan fingerprint density at radius 3 is 2.54 bits per heavy atom. The van der Waals surface area contributed by atoms with Gasteiger partial charge in [0, 0.05) is 6.42 Å². The number of nitrogens with two attached hydrogens (primary N) is 1. The van der Waals surface area contributed by atoms with Crippen LogP contribution in [0.4, 0.5) is 13.2 Å². The lowest BCUT2D eigenvalue weighted by molar-refractivity contribution is -0.165. The third kappa shape index (κ3) is 6.88. The van der Waals surface area contributed by atoms with Crippen LogP contribution in [0.5, 0.6) is 0 Å². The fourth-order valence-electron chi connectivity index (χ4n) is 2.14. The van der Waals surface area contributed by atoms with E-state index < -0.39 is 25.2 Å². The number of nitrogens with zero attached hydrogens (tertiary/aromatic N) is 2. The molecule has 2 N–H and O–H groups in total. The van der Waals surface area contributed by atoms with Gasteiger partial charge in [-0.15, -0.1) is 0 Å². The van der Waals surface area contributed by atoms with Crippen LogP contribution in [-0.4, -0.2) is 36.0 Å². The van der Waals surface area contributed by atoms with Gasteiger partial charge in [0.05, 0.1) is 12.8 Å². The van der Waals surface area contributed by atoms with Gasteiger partial charge in [0.25, 0.3) is 5.91 Å². The number of oxime groups is 1. The van der Waals surface area contributed by atoms with Gasteiger partial charge < -0.3 is 19.9 Å². The quantitative estimate of drug-likeness (QED) is 0.441. The largest absolute Gasteiger partial charge is 0.467 e. The first-order chi connectivity index (χ1) is 12.3. The molecule has 26 heavy (non-hydrogen) atoms. The second-order valence-corrected chi connectivity index (χ2v) is 5.46. The Bertz CT molecular complexity index is 716. The van der Waals surface area contributed by atoms with Gasteiger partial charge in [-0.2, -0.15) is 13.2 Å². The Kier molecular flexibility index (Phi) is 6.65. The van der Waals surface area contributed by atoms with Crippen molar-refractivity contribution in [3.05, 3.63) is 60.1 Å². The van der Waals surface area contributed by atoms with Crippen molar-refractivity contribution in [3.8, 4) is 0 Å². The highest BCUT2D eigenvalue weighted by atomic mass is 19.4. The van der Waals surface area contributed by atoms with E-state index in [9.17, 15) is 18.0 Å². The topological polar surface area (TPSA) is 81.1 Å². The van der Waals surface area contributed by atoms with E-state index in [0.717, 1.165) is 5.56 Å². The molecule has 0 radical (unpaired) electrons. The molecule has 0 aliphatic heterocycles. The van der Waals surface area contributed by atoms with Gasteiger partial charge in [-0.3, -0.25) is 4.79 Å². The molecule has 6 nitrogen and oxygen atoms in total. The maximum absolute atomic E-state index is 12.7. The van der Waals surface area contributed by atoms with Gasteiger partial charge in [0.2, 0.25) is 0 Å². The smallest absolute Gasteiger partial charge is 0.406 e. The van der Waals surface area contributed by atoms with Gasteiger partial charge in [0.1, 0.15) is 18.1 Å². The Hall–Kier alpha value is -2.97. The third-order valence-electron chi connectivity index (χ3n) is 3.25. The molecule has 0 spiro atoms. The molecule has 0 aliphatic carbocycles. The van der Waals surface area contributed by atoms with Crippen molar-refractivity contribution in [1.29, 1.82) is 0 Å². The van der Waals surface area contributed by atoms with E-state index in [1.165, 1.54) is 18.4 Å². The van der Waals surface area contributed by atoms with E-state index in [2.05, 4.69) is 5.16 Å². The molecule has 0 fully saturated rings. The molecule has 1 aromatic carbocycles. The third-order valence-corrected chi connectivity index (χ3v) is 3.25. The highest BCUT2D eigenvalue weighted by molar-refractivity contribution is 5.82. The number of amides is 1. The second-order valence-electron chi connectivity index (χ2n) is 5.46. The molecule has 0 aliphatic rings.